The number of para-hydroxylation sites is 2. The van der Waals surface area contributed by atoms with E-state index >= 15 is 0 Å². The maximum Gasteiger partial charge on any atom is 0.338 e. The lowest BCUT2D eigenvalue weighted by atomic mass is 10.1. The minimum absolute atomic E-state index is 0.261. The molecule has 6 rings (SSSR count). The number of hydrogen-bond donors (Lipinski definition) is 0. The largest absolute Gasteiger partial charge is 0.459 e. The van der Waals surface area contributed by atoms with E-state index in [1.54, 1.807) is 102 Å². The predicted molar refractivity (Wildman–Crippen MR) is 152 cm³/mol. The van der Waals surface area contributed by atoms with Crippen LogP contribution >= 0.6 is 0 Å². The normalized spacial score (nSPS) is 19.7. The van der Waals surface area contributed by atoms with Crippen molar-refractivity contribution in [3.8, 4) is 0 Å². The Hall–Kier alpha value is -5.28. The molecule has 210 valence electrons. The van der Waals surface area contributed by atoms with Crippen LogP contribution in [-0.2, 0) is 18.9 Å². The molecule has 0 amide bonds. The zero-order valence-corrected chi connectivity index (χ0v) is 22.3. The van der Waals surface area contributed by atoms with E-state index in [1.165, 1.54) is 0 Å². The van der Waals surface area contributed by atoms with Crippen molar-refractivity contribution >= 4 is 28.9 Å². The number of imidazole rings is 1. The molecule has 0 radical (unpaired) electrons. The van der Waals surface area contributed by atoms with Crippen molar-refractivity contribution < 1.29 is 33.3 Å². The number of hydrogen-bond acceptors (Lipinski definition) is 8. The maximum absolute atomic E-state index is 13.3. The minimum Gasteiger partial charge on any atom is -0.459 e. The fraction of sp³-hybridized carbons (Fsp3) is 0.152. The minimum atomic E-state index is -1.12. The highest BCUT2D eigenvalue weighted by Gasteiger charge is 2.51. The molecule has 2 heterocycles. The lowest BCUT2D eigenvalue weighted by Gasteiger charge is -2.25. The Bertz CT molecular complexity index is 1690. The van der Waals surface area contributed by atoms with E-state index in [0.29, 0.717) is 22.2 Å². The lowest BCUT2D eigenvalue weighted by molar-refractivity contribution is -0.0604. The van der Waals surface area contributed by atoms with E-state index < -0.39 is 42.4 Å². The molecule has 5 aromatic rings. The van der Waals surface area contributed by atoms with Crippen LogP contribution in [0.3, 0.4) is 0 Å². The number of benzene rings is 4. The summed E-state index contributed by atoms with van der Waals surface area (Å²) < 4.78 is 25.7. The summed E-state index contributed by atoms with van der Waals surface area (Å²) in [5.74, 6) is -1.83. The molecular formula is C33H26N2O7. The van der Waals surface area contributed by atoms with Crippen molar-refractivity contribution in [2.45, 2.75) is 24.5 Å². The zero-order valence-electron chi connectivity index (χ0n) is 22.3. The van der Waals surface area contributed by atoms with Gasteiger partial charge in [-0.2, -0.15) is 0 Å². The summed E-state index contributed by atoms with van der Waals surface area (Å²) in [6, 6.07) is 32.9. The van der Waals surface area contributed by atoms with E-state index in [-0.39, 0.29) is 6.61 Å². The first-order chi connectivity index (χ1) is 20.6. The maximum atomic E-state index is 13.3. The molecule has 0 aliphatic carbocycles. The van der Waals surface area contributed by atoms with Crippen molar-refractivity contribution in [2.24, 2.45) is 0 Å². The monoisotopic (exact) mass is 562 g/mol. The van der Waals surface area contributed by atoms with Gasteiger partial charge in [-0.3, -0.25) is 0 Å². The van der Waals surface area contributed by atoms with Crippen molar-refractivity contribution in [3.63, 3.8) is 0 Å². The number of nitrogens with zero attached hydrogens (tertiary/aromatic N) is 2. The molecule has 0 bridgehead atoms. The molecule has 0 saturated carbocycles. The third kappa shape index (κ3) is 5.63. The van der Waals surface area contributed by atoms with E-state index in [2.05, 4.69) is 4.98 Å². The van der Waals surface area contributed by atoms with Gasteiger partial charge in [0.05, 0.1) is 34.1 Å². The topological polar surface area (TPSA) is 106 Å². The van der Waals surface area contributed by atoms with Gasteiger partial charge in [-0.25, -0.2) is 19.4 Å². The second kappa shape index (κ2) is 12.1. The van der Waals surface area contributed by atoms with Crippen LogP contribution in [0.25, 0.3) is 11.0 Å². The second-order valence-electron chi connectivity index (χ2n) is 9.64. The molecule has 42 heavy (non-hydrogen) atoms. The Kier molecular flexibility index (Phi) is 7.74. The number of carbonyl (C=O) groups excluding carboxylic acids is 3. The number of esters is 3. The molecule has 4 atom stereocenters. The van der Waals surface area contributed by atoms with E-state index in [0.717, 1.165) is 5.52 Å². The fourth-order valence-corrected chi connectivity index (χ4v) is 4.86. The van der Waals surface area contributed by atoms with Crippen molar-refractivity contribution in [1.82, 2.24) is 9.55 Å². The molecule has 1 aromatic heterocycles. The summed E-state index contributed by atoms with van der Waals surface area (Å²) in [5, 5.41) is 0. The van der Waals surface area contributed by atoms with Gasteiger partial charge in [-0.05, 0) is 48.5 Å². The first-order valence-electron chi connectivity index (χ1n) is 13.4. The van der Waals surface area contributed by atoms with Crippen LogP contribution in [0.1, 0.15) is 37.3 Å². The standard InChI is InChI=1S/C33H26N2O7/c36-31(22-12-4-1-5-13-22)39-20-27-28(41-32(37)23-14-6-2-7-15-23)29(42-33(38)24-16-8-3-9-17-24)30(40-27)35-21-34-25-18-10-11-19-26(25)35/h1-19,21,27-30H,20H2/t27-,28-,29-,30-/m1/s1. The van der Waals surface area contributed by atoms with Gasteiger partial charge in [0.2, 0.25) is 0 Å². The van der Waals surface area contributed by atoms with Crippen LogP contribution in [0.2, 0.25) is 0 Å². The van der Waals surface area contributed by atoms with Gasteiger partial charge in [0.1, 0.15) is 12.7 Å². The molecule has 0 N–H and O–H groups in total. The summed E-state index contributed by atoms with van der Waals surface area (Å²) in [4.78, 5) is 43.8. The highest BCUT2D eigenvalue weighted by molar-refractivity contribution is 5.91. The molecule has 1 aliphatic heterocycles. The highest BCUT2D eigenvalue weighted by atomic mass is 16.7. The first kappa shape index (κ1) is 26.9. The molecule has 1 saturated heterocycles. The van der Waals surface area contributed by atoms with Crippen molar-refractivity contribution in [2.75, 3.05) is 6.61 Å². The summed E-state index contributed by atoms with van der Waals surface area (Å²) in [6.07, 6.45) is -2.57. The molecule has 1 aliphatic rings. The quantitative estimate of drug-likeness (QED) is 0.187. The number of rotatable bonds is 8. The van der Waals surface area contributed by atoms with Crippen molar-refractivity contribution in [1.29, 1.82) is 0 Å². The van der Waals surface area contributed by atoms with Gasteiger partial charge in [0.15, 0.2) is 18.4 Å². The number of fused-ring (bicyclic) bond motifs is 1. The fourth-order valence-electron chi connectivity index (χ4n) is 4.86. The number of aromatic nitrogens is 2. The van der Waals surface area contributed by atoms with Gasteiger partial charge in [-0.15, -0.1) is 0 Å². The average Bonchev–Trinajstić information content (AvgIpc) is 3.62. The summed E-state index contributed by atoms with van der Waals surface area (Å²) in [5.41, 5.74) is 2.41. The van der Waals surface area contributed by atoms with Crippen LogP contribution in [0, 0.1) is 0 Å². The highest BCUT2D eigenvalue weighted by Crippen LogP contribution is 2.37. The Morgan fingerprint density at radius 1 is 0.643 bits per heavy atom. The average molecular weight is 563 g/mol. The van der Waals surface area contributed by atoms with Crippen LogP contribution in [0.4, 0.5) is 0 Å². The third-order valence-electron chi connectivity index (χ3n) is 6.93. The summed E-state index contributed by atoms with van der Waals surface area (Å²) >= 11 is 0. The Balaban J connectivity index is 1.36. The molecule has 9 nitrogen and oxygen atoms in total. The molecule has 1 fully saturated rings. The smallest absolute Gasteiger partial charge is 0.338 e. The SMILES string of the molecule is O=C(OC[C@H]1O[C@@H](n2cnc3ccccc32)[C@H](OC(=O)c2ccccc2)[C@@H]1OC(=O)c1ccccc1)c1ccccc1. The molecule has 0 unspecified atom stereocenters. The first-order valence-corrected chi connectivity index (χ1v) is 13.4. The van der Waals surface area contributed by atoms with Crippen LogP contribution in [0.5, 0.6) is 0 Å². The van der Waals surface area contributed by atoms with Gasteiger partial charge < -0.3 is 23.5 Å². The van der Waals surface area contributed by atoms with Gasteiger partial charge >= 0.3 is 17.9 Å². The van der Waals surface area contributed by atoms with E-state index in [1.807, 2.05) is 24.3 Å². The van der Waals surface area contributed by atoms with E-state index in [9.17, 15) is 14.4 Å². The number of ether oxygens (including phenoxy) is 4. The van der Waals surface area contributed by atoms with Crippen LogP contribution in [0.15, 0.2) is 122 Å². The zero-order chi connectivity index (χ0) is 28.9. The Morgan fingerprint density at radius 2 is 1.14 bits per heavy atom. The molecule has 9 heteroatoms. The third-order valence-corrected chi connectivity index (χ3v) is 6.93. The summed E-state index contributed by atoms with van der Waals surface area (Å²) in [7, 11) is 0. The molecule has 4 aromatic carbocycles. The molecular weight excluding hydrogens is 536 g/mol. The number of carbonyl (C=O) groups is 3. The Labute approximate surface area is 241 Å². The van der Waals surface area contributed by atoms with Gasteiger partial charge in [-0.1, -0.05) is 66.7 Å². The van der Waals surface area contributed by atoms with Gasteiger partial charge in [0.25, 0.3) is 0 Å². The lowest BCUT2D eigenvalue weighted by Crippen LogP contribution is -2.41. The van der Waals surface area contributed by atoms with Gasteiger partial charge in [0, 0.05) is 0 Å². The van der Waals surface area contributed by atoms with E-state index in [4.69, 9.17) is 18.9 Å². The molecule has 0 spiro atoms. The second-order valence-corrected chi connectivity index (χ2v) is 9.64. The van der Waals surface area contributed by atoms with Crippen molar-refractivity contribution in [3.05, 3.63) is 138 Å². The predicted octanol–water partition coefficient (Wildman–Crippen LogP) is 5.24. The van der Waals surface area contributed by atoms with Crippen LogP contribution < -0.4 is 0 Å². The Morgan fingerprint density at radius 3 is 1.74 bits per heavy atom. The summed E-state index contributed by atoms with van der Waals surface area (Å²) in [6.45, 7) is -0.261. The van der Waals surface area contributed by atoms with Crippen LogP contribution in [-0.4, -0.2) is 52.4 Å².